The third-order valence-electron chi connectivity index (χ3n) is 20.8. The Balaban J connectivity index is 1.12. The Morgan fingerprint density at radius 3 is 0.907 bits per heavy atom. The summed E-state index contributed by atoms with van der Waals surface area (Å²) in [7, 11) is 0. The summed E-state index contributed by atoms with van der Waals surface area (Å²) in [5, 5.41) is -1.62. The highest BCUT2D eigenvalue weighted by Crippen LogP contribution is 2.56. The maximum absolute atomic E-state index is 11.9. The number of benzene rings is 15. The standard InChI is InChI=1S/C102H83BN4/c1-100(2,3)74-58-83(68-36-18-12-19-37-68)98(85(60-74)72-42-30-40-70(56-72)66-32-14-10-15-33-66)106-93-64-77(104-89-48-26-22-44-79(89)80-45-23-27-49-90(80)104)52-54-87(93)103-88-55-53-78(105-91-50-28-24-46-81(91)82-47-25-29-51-92(82)105)65-94(88)107(96-63-76(102(7,8)9)62-95(106)97(96)103)99-84(69-38-20-13-21-39-69)59-75(101(4,5)6)61-86(99)73-43-31-41-71(57-73)67-34-16-11-17-35-67/h10-65H,1-9H3/i22D,23D,24D,25D,26D,27D,28D,29D,44D,45D,46D,47D,48D,49D,50D,51D,52D,53D,54D,55D,62D,63D,64D,65D. The lowest BCUT2D eigenvalue weighted by molar-refractivity contribution is 0.590. The van der Waals surface area contributed by atoms with Crippen LogP contribution in [-0.4, -0.2) is 15.8 Å². The summed E-state index contributed by atoms with van der Waals surface area (Å²) in [6.07, 6.45) is 0. The molecule has 2 aliphatic rings. The second-order valence-electron chi connectivity index (χ2n) is 30.6. The molecule has 0 radical (unpaired) electrons. The Bertz CT molecular complexity index is 7290. The molecular weight excluding hydrogens is 1290 g/mol. The van der Waals surface area contributed by atoms with Gasteiger partial charge in [0.1, 0.15) is 0 Å². The minimum atomic E-state index is -1.93. The molecule has 0 aliphatic carbocycles. The monoisotopic (exact) mass is 1400 g/mol. The summed E-state index contributed by atoms with van der Waals surface area (Å²) >= 11 is 0. The number of rotatable bonds is 10. The fourth-order valence-corrected chi connectivity index (χ4v) is 15.4. The van der Waals surface area contributed by atoms with E-state index in [1.165, 1.54) is 0 Å². The minimum Gasteiger partial charge on any atom is -0.310 e. The SMILES string of the molecule is [2H]c1c([2H])c(-n2c3c([2H])c([2H])c([2H])c([2H])c3c3c([2H])c([2H])c([2H])c([2H])c32)c([2H])c2c1B1c3c([2H])c([2H])c(-n4c5c([2H])c([2H])c([2H])c([2H])c5c5c([2H])c([2H])c([2H])c([2H])c54)c([2H])c3N(c3c(-c4ccccc4)cc(C(C)(C)C)cc3-c3cccc(-c4ccccc4)c3)c3c([2H])c(C(C)(C)C)c([2H])c(c31)N2c1c(-c2ccccc2)cc(C(C)(C)C)cc1-c1cccc(-c2ccccc2)c1. The minimum absolute atomic E-state index is 0.0286. The lowest BCUT2D eigenvalue weighted by Crippen LogP contribution is -2.61. The molecule has 0 amide bonds. The summed E-state index contributed by atoms with van der Waals surface area (Å²) in [5.74, 6) is 0. The van der Waals surface area contributed by atoms with Gasteiger partial charge in [0.15, 0.2) is 0 Å². The van der Waals surface area contributed by atoms with Gasteiger partial charge >= 0.3 is 0 Å². The first-order valence-electron chi connectivity index (χ1n) is 47.9. The van der Waals surface area contributed by atoms with E-state index in [-0.39, 0.29) is 68.2 Å². The van der Waals surface area contributed by atoms with Crippen LogP contribution >= 0.6 is 0 Å². The average molecular weight is 1400 g/mol. The molecule has 0 unspecified atom stereocenters. The van der Waals surface area contributed by atoms with Crippen molar-refractivity contribution in [3.63, 3.8) is 0 Å². The van der Waals surface area contributed by atoms with E-state index in [1.54, 1.807) is 9.80 Å². The van der Waals surface area contributed by atoms with Gasteiger partial charge in [-0.15, -0.1) is 0 Å². The van der Waals surface area contributed by atoms with Gasteiger partial charge in [-0.25, -0.2) is 0 Å². The van der Waals surface area contributed by atoms with Gasteiger partial charge in [0.05, 0.1) is 66.3 Å². The van der Waals surface area contributed by atoms with Crippen molar-refractivity contribution in [2.24, 2.45) is 0 Å². The lowest BCUT2D eigenvalue weighted by Gasteiger charge is -2.47. The Labute approximate surface area is 662 Å². The van der Waals surface area contributed by atoms with Crippen LogP contribution in [0.5, 0.6) is 0 Å². The number of fused-ring (bicyclic) bond motifs is 10. The Morgan fingerprint density at radius 2 is 0.570 bits per heavy atom. The molecule has 514 valence electrons. The summed E-state index contributed by atoms with van der Waals surface area (Å²) in [4.78, 5) is 3.38. The molecule has 107 heavy (non-hydrogen) atoms. The molecule has 0 spiro atoms. The molecule has 15 aromatic carbocycles. The van der Waals surface area contributed by atoms with Crippen molar-refractivity contribution in [3.05, 3.63) is 356 Å². The van der Waals surface area contributed by atoms with E-state index in [2.05, 4.69) is 41.5 Å². The van der Waals surface area contributed by atoms with Gasteiger partial charge in [0.2, 0.25) is 0 Å². The van der Waals surface area contributed by atoms with Gasteiger partial charge in [-0.05, 0) is 191 Å². The number of hydrogen-bond acceptors (Lipinski definition) is 2. The highest BCUT2D eigenvalue weighted by molar-refractivity contribution is 7.00. The van der Waals surface area contributed by atoms with Crippen LogP contribution in [0.4, 0.5) is 34.1 Å². The average Bonchev–Trinajstić information content (AvgIpc) is 1.18. The predicted octanol–water partition coefficient (Wildman–Crippen LogP) is 25.9. The normalized spacial score (nSPS) is 16.0. The first kappa shape index (κ1) is 44.4. The van der Waals surface area contributed by atoms with E-state index < -0.39 is 211 Å². The van der Waals surface area contributed by atoms with Gasteiger partial charge in [0.25, 0.3) is 6.71 Å². The molecule has 0 saturated carbocycles. The van der Waals surface area contributed by atoms with Gasteiger partial charge in [-0.2, -0.15) is 0 Å². The zero-order valence-corrected chi connectivity index (χ0v) is 60.3. The first-order valence-corrected chi connectivity index (χ1v) is 35.9. The van der Waals surface area contributed by atoms with Crippen LogP contribution in [0, 0.1) is 0 Å². The highest BCUT2D eigenvalue weighted by Gasteiger charge is 2.47. The second kappa shape index (κ2) is 25.1. The molecule has 0 saturated heterocycles. The molecule has 2 aliphatic heterocycles. The zero-order valence-electron chi connectivity index (χ0n) is 84.3. The van der Waals surface area contributed by atoms with Gasteiger partial charge in [-0.1, -0.05) is 305 Å². The summed E-state index contributed by atoms with van der Waals surface area (Å²) in [5.41, 5.74) is 1.87. The molecule has 5 heteroatoms. The molecular formula is C102H83BN4. The van der Waals surface area contributed by atoms with Crippen molar-refractivity contribution in [2.45, 2.75) is 78.6 Å². The number of aromatic nitrogens is 2. The summed E-state index contributed by atoms with van der Waals surface area (Å²) in [6, 6.07) is 44.0. The van der Waals surface area contributed by atoms with E-state index in [0.29, 0.717) is 44.5 Å². The third kappa shape index (κ3) is 11.0. The number of para-hydroxylation sites is 4. The lowest BCUT2D eigenvalue weighted by atomic mass is 9.33. The quantitative estimate of drug-likeness (QED) is 0.127. The Kier molecular flexibility index (Phi) is 10.4. The van der Waals surface area contributed by atoms with Gasteiger partial charge in [-0.3, -0.25) is 0 Å². The molecule has 0 fully saturated rings. The maximum atomic E-state index is 11.9. The van der Waals surface area contributed by atoms with Crippen LogP contribution in [0.25, 0.3) is 122 Å². The van der Waals surface area contributed by atoms with Crippen LogP contribution in [-0.2, 0) is 16.2 Å². The van der Waals surface area contributed by atoms with Gasteiger partial charge < -0.3 is 18.9 Å². The number of anilines is 6. The molecule has 0 N–H and O–H groups in total. The Hall–Kier alpha value is -12.4. The van der Waals surface area contributed by atoms with E-state index in [4.69, 9.17) is 0 Å². The van der Waals surface area contributed by atoms with E-state index in [1.807, 2.05) is 215 Å². The fourth-order valence-electron chi connectivity index (χ4n) is 15.4. The van der Waals surface area contributed by atoms with Crippen molar-refractivity contribution in [1.82, 2.24) is 9.13 Å². The van der Waals surface area contributed by atoms with E-state index >= 15 is 0 Å². The van der Waals surface area contributed by atoms with Crippen molar-refractivity contribution in [1.29, 1.82) is 0 Å². The van der Waals surface area contributed by atoms with E-state index in [9.17, 15) is 32.9 Å². The van der Waals surface area contributed by atoms with Crippen molar-refractivity contribution < 1.29 is 32.9 Å². The van der Waals surface area contributed by atoms with Crippen LogP contribution < -0.4 is 26.2 Å². The predicted molar refractivity (Wildman–Crippen MR) is 458 cm³/mol. The second-order valence-corrected chi connectivity index (χ2v) is 30.6. The van der Waals surface area contributed by atoms with Crippen LogP contribution in [0.2, 0.25) is 0 Å². The fraction of sp³-hybridized carbons (Fsp3) is 0.118. The number of nitrogens with zero attached hydrogens (tertiary/aromatic N) is 4. The summed E-state index contributed by atoms with van der Waals surface area (Å²) in [6.45, 7) is 16.0. The molecule has 4 nitrogen and oxygen atoms in total. The molecule has 19 rings (SSSR count). The molecule has 0 atom stereocenters. The molecule has 2 aromatic heterocycles. The van der Waals surface area contributed by atoms with Crippen molar-refractivity contribution in [2.75, 3.05) is 9.80 Å². The third-order valence-corrected chi connectivity index (χ3v) is 20.8. The highest BCUT2D eigenvalue weighted by atomic mass is 15.2. The summed E-state index contributed by atoms with van der Waals surface area (Å²) < 4.78 is 248. The van der Waals surface area contributed by atoms with Gasteiger partial charge in [0, 0.05) is 77.9 Å². The van der Waals surface area contributed by atoms with Crippen molar-refractivity contribution in [3.8, 4) is 78.1 Å². The Morgan fingerprint density at radius 1 is 0.271 bits per heavy atom. The number of hydrogen-bond donors (Lipinski definition) is 0. The smallest absolute Gasteiger partial charge is 0.252 e. The largest absolute Gasteiger partial charge is 0.310 e. The molecule has 17 aromatic rings. The molecule has 4 heterocycles. The van der Waals surface area contributed by atoms with Crippen LogP contribution in [0.1, 0.15) is 112 Å². The maximum Gasteiger partial charge on any atom is 0.252 e. The topological polar surface area (TPSA) is 16.3 Å². The van der Waals surface area contributed by atoms with Crippen LogP contribution in [0.3, 0.4) is 0 Å². The van der Waals surface area contributed by atoms with Crippen molar-refractivity contribution >= 4 is 101 Å². The zero-order chi connectivity index (χ0) is 93.5. The molecule has 0 bridgehead atoms. The van der Waals surface area contributed by atoms with Crippen LogP contribution in [0.15, 0.2) is 339 Å². The van der Waals surface area contributed by atoms with E-state index in [0.717, 1.165) is 42.5 Å². The first-order chi connectivity index (χ1) is 62.0.